The maximum Gasteiger partial charge on any atom is 0.355 e. The molecule has 0 atom stereocenters. The molecule has 0 aromatic carbocycles. The van der Waals surface area contributed by atoms with Crippen molar-refractivity contribution in [1.82, 2.24) is 10.2 Å². The first-order valence-electron chi connectivity index (χ1n) is 3.41. The van der Waals surface area contributed by atoms with Gasteiger partial charge in [-0.3, -0.25) is 9.82 Å². The summed E-state index contributed by atoms with van der Waals surface area (Å²) in [6.45, 7) is 0. The minimum absolute atomic E-state index is 0.415. The van der Waals surface area contributed by atoms with Gasteiger partial charge >= 0.3 is 11.7 Å². The summed E-state index contributed by atoms with van der Waals surface area (Å²) in [6, 6.07) is 0.780. The number of hydrogen-bond acceptors (Lipinski definition) is 4. The normalized spacial score (nSPS) is 11.7. The van der Waals surface area contributed by atoms with Crippen molar-refractivity contribution in [2.75, 3.05) is 4.72 Å². The number of hydrogen-bond donors (Lipinski definition) is 3. The van der Waals surface area contributed by atoms with Crippen molar-refractivity contribution in [2.24, 2.45) is 0 Å². The molecule has 0 aliphatic carbocycles. The second-order valence-electron chi connectivity index (χ2n) is 2.38. The Kier molecular flexibility index (Phi) is 2.88. The van der Waals surface area contributed by atoms with Gasteiger partial charge in [-0.15, -0.1) is 0 Å². The summed E-state index contributed by atoms with van der Waals surface area (Å²) in [5, 5.41) is 13.5. The van der Waals surface area contributed by atoms with Crippen molar-refractivity contribution in [3.8, 4) is 0 Å². The van der Waals surface area contributed by atoms with Gasteiger partial charge in [0.1, 0.15) is 5.69 Å². The van der Waals surface area contributed by atoms with E-state index in [4.69, 9.17) is 5.11 Å². The molecule has 1 rings (SSSR count). The van der Waals surface area contributed by atoms with Crippen molar-refractivity contribution in [3.63, 3.8) is 0 Å². The van der Waals surface area contributed by atoms with Crippen molar-refractivity contribution in [1.29, 1.82) is 0 Å². The zero-order valence-corrected chi connectivity index (χ0v) is 7.75. The predicted octanol–water partition coefficient (Wildman–Crippen LogP) is 0.0722. The largest absolute Gasteiger partial charge is 0.477 e. The number of carbonyl (C=O) groups is 1. The summed E-state index contributed by atoms with van der Waals surface area (Å²) in [4.78, 5) is 10.3. The number of carboxylic acids is 1. The molecule has 0 saturated carbocycles. The number of nitrogens with one attached hydrogen (secondary N) is 2. The van der Waals surface area contributed by atoms with E-state index in [1.165, 1.54) is 4.72 Å². The molecule has 15 heavy (non-hydrogen) atoms. The summed E-state index contributed by atoms with van der Waals surface area (Å²) in [7, 11) is -4.82. The van der Waals surface area contributed by atoms with Crippen molar-refractivity contribution < 1.29 is 27.1 Å². The van der Waals surface area contributed by atoms with Crippen molar-refractivity contribution in [3.05, 3.63) is 11.8 Å². The molecule has 0 amide bonds. The Bertz CT molecular complexity index is 468. The minimum Gasteiger partial charge on any atom is -0.477 e. The number of aromatic nitrogens is 2. The minimum atomic E-state index is -4.82. The Morgan fingerprint density at radius 1 is 1.60 bits per heavy atom. The summed E-state index contributed by atoms with van der Waals surface area (Å²) in [5.74, 6) is -5.50. The number of anilines is 1. The van der Waals surface area contributed by atoms with E-state index in [0.29, 0.717) is 0 Å². The lowest BCUT2D eigenvalue weighted by Gasteiger charge is -2.01. The Morgan fingerprint density at radius 2 is 2.20 bits per heavy atom. The van der Waals surface area contributed by atoms with Crippen molar-refractivity contribution in [2.45, 2.75) is 5.76 Å². The van der Waals surface area contributed by atoms with E-state index in [0.717, 1.165) is 6.07 Å². The molecule has 1 aromatic rings. The lowest BCUT2D eigenvalue weighted by molar-refractivity contribution is 0.0690. The van der Waals surface area contributed by atoms with Crippen LogP contribution in [0, 0.1) is 0 Å². The molecule has 84 valence electrons. The molecule has 0 fully saturated rings. The lowest BCUT2D eigenvalue weighted by atomic mass is 10.4. The molecule has 0 aliphatic heterocycles. The molecular formula is C5H5F2N3O4S. The maximum absolute atomic E-state index is 11.9. The number of aromatic amines is 1. The predicted molar refractivity (Wildman–Crippen MR) is 44.1 cm³/mol. The highest BCUT2D eigenvalue weighted by atomic mass is 32.2. The van der Waals surface area contributed by atoms with Crippen LogP contribution in [0.3, 0.4) is 0 Å². The number of halogens is 2. The third-order valence-corrected chi connectivity index (χ3v) is 2.25. The molecule has 1 heterocycles. The average molecular weight is 241 g/mol. The van der Waals surface area contributed by atoms with Crippen LogP contribution >= 0.6 is 0 Å². The topological polar surface area (TPSA) is 112 Å². The molecule has 0 unspecified atom stereocenters. The molecule has 7 nitrogen and oxygen atoms in total. The fourth-order valence-electron chi connectivity index (χ4n) is 0.674. The Hall–Kier alpha value is -1.71. The van der Waals surface area contributed by atoms with Gasteiger partial charge < -0.3 is 5.11 Å². The summed E-state index contributed by atoms with van der Waals surface area (Å²) >= 11 is 0. The second-order valence-corrected chi connectivity index (χ2v) is 4.03. The first-order valence-corrected chi connectivity index (χ1v) is 4.96. The molecule has 0 spiro atoms. The third kappa shape index (κ3) is 2.62. The smallest absolute Gasteiger partial charge is 0.355 e. The highest BCUT2D eigenvalue weighted by Gasteiger charge is 2.25. The number of sulfonamides is 1. The highest BCUT2D eigenvalue weighted by molar-refractivity contribution is 7.92. The van der Waals surface area contributed by atoms with E-state index in [-0.39, 0.29) is 0 Å². The van der Waals surface area contributed by atoms with E-state index in [1.54, 1.807) is 0 Å². The quantitative estimate of drug-likeness (QED) is 0.690. The van der Waals surface area contributed by atoms with Crippen LogP contribution < -0.4 is 4.72 Å². The first-order chi connectivity index (χ1) is 6.83. The van der Waals surface area contributed by atoms with Gasteiger partial charge in [0, 0.05) is 6.07 Å². The first kappa shape index (κ1) is 11.4. The number of nitrogens with zero attached hydrogens (tertiary/aromatic N) is 1. The zero-order valence-electron chi connectivity index (χ0n) is 6.94. The number of carboxylic acid groups (broad SMARTS) is 1. The lowest BCUT2D eigenvalue weighted by Crippen LogP contribution is -2.20. The van der Waals surface area contributed by atoms with Crippen LogP contribution in [0.25, 0.3) is 0 Å². The molecule has 0 bridgehead atoms. The van der Waals surface area contributed by atoms with Crippen LogP contribution in [-0.2, 0) is 10.0 Å². The molecule has 0 radical (unpaired) electrons. The SMILES string of the molecule is O=C(O)c1cc(NS(=O)(=O)C(F)F)n[nH]1. The van der Waals surface area contributed by atoms with E-state index in [2.05, 4.69) is 5.10 Å². The van der Waals surface area contributed by atoms with Crippen LogP contribution in [-0.4, -0.2) is 35.4 Å². The van der Waals surface area contributed by atoms with Crippen LogP contribution in [0.4, 0.5) is 14.6 Å². The van der Waals surface area contributed by atoms with Gasteiger partial charge in [-0.1, -0.05) is 0 Å². The summed E-state index contributed by atoms with van der Waals surface area (Å²) in [5.41, 5.74) is -0.415. The average Bonchev–Trinajstić information content (AvgIpc) is 2.51. The van der Waals surface area contributed by atoms with Crippen LogP contribution in [0.5, 0.6) is 0 Å². The summed E-state index contributed by atoms with van der Waals surface area (Å²) < 4.78 is 46.4. The Balaban J connectivity index is 2.87. The van der Waals surface area contributed by atoms with Crippen LogP contribution in [0.1, 0.15) is 10.5 Å². The molecule has 0 aliphatic rings. The van der Waals surface area contributed by atoms with Crippen molar-refractivity contribution >= 4 is 21.8 Å². The number of aromatic carboxylic acids is 1. The number of rotatable bonds is 4. The van der Waals surface area contributed by atoms with E-state index < -0.39 is 33.3 Å². The Labute approximate surface area is 82.2 Å². The van der Waals surface area contributed by atoms with E-state index >= 15 is 0 Å². The van der Waals surface area contributed by atoms with Gasteiger partial charge in [-0.05, 0) is 0 Å². The van der Waals surface area contributed by atoms with Gasteiger partial charge in [-0.25, -0.2) is 13.2 Å². The fourth-order valence-corrected chi connectivity index (χ4v) is 1.16. The standard InChI is InChI=1S/C5H5F2N3O4S/c6-5(7)15(13,14)10-3-1-2(4(11)12)8-9-3/h1,5H,(H,11,12)(H2,8,9,10). The fraction of sp³-hybridized carbons (Fsp3) is 0.200. The molecule has 10 heteroatoms. The maximum atomic E-state index is 11.9. The molecule has 1 aromatic heterocycles. The zero-order chi connectivity index (χ0) is 11.6. The van der Waals surface area contributed by atoms with Crippen LogP contribution in [0.2, 0.25) is 0 Å². The number of H-pyrrole nitrogens is 1. The van der Waals surface area contributed by atoms with Crippen LogP contribution in [0.15, 0.2) is 6.07 Å². The van der Waals surface area contributed by atoms with E-state index in [9.17, 15) is 22.0 Å². The summed E-state index contributed by atoms with van der Waals surface area (Å²) in [6.07, 6.45) is 0. The van der Waals surface area contributed by atoms with Gasteiger partial charge in [-0.2, -0.15) is 13.9 Å². The van der Waals surface area contributed by atoms with Gasteiger partial charge in [0.05, 0.1) is 0 Å². The highest BCUT2D eigenvalue weighted by Crippen LogP contribution is 2.11. The van der Waals surface area contributed by atoms with Gasteiger partial charge in [0.25, 0.3) is 10.0 Å². The molecular weight excluding hydrogens is 236 g/mol. The molecule has 3 N–H and O–H groups in total. The number of alkyl halides is 2. The van der Waals surface area contributed by atoms with Gasteiger partial charge in [0.15, 0.2) is 5.82 Å². The third-order valence-electron chi connectivity index (χ3n) is 1.29. The van der Waals surface area contributed by atoms with E-state index in [1.807, 2.05) is 5.10 Å². The molecule has 0 saturated heterocycles. The second kappa shape index (κ2) is 3.81. The van der Waals surface area contributed by atoms with Gasteiger partial charge in [0.2, 0.25) is 0 Å². The monoisotopic (exact) mass is 241 g/mol. The Morgan fingerprint density at radius 3 is 2.60 bits per heavy atom.